The van der Waals surface area contributed by atoms with Crippen molar-refractivity contribution in [1.29, 1.82) is 0 Å². The molecule has 0 atom stereocenters. The predicted octanol–water partition coefficient (Wildman–Crippen LogP) is 3.44. The number of fused-ring (bicyclic) bond motifs is 1. The lowest BCUT2D eigenvalue weighted by Crippen LogP contribution is -2.33. The number of hydrogen-bond acceptors (Lipinski definition) is 2. The third-order valence-corrected chi connectivity index (χ3v) is 4.32. The first-order chi connectivity index (χ1) is 8.31. The summed E-state index contributed by atoms with van der Waals surface area (Å²) in [5.41, 5.74) is 1.32. The zero-order valence-corrected chi connectivity index (χ0v) is 11.6. The summed E-state index contributed by atoms with van der Waals surface area (Å²) in [7, 11) is 0. The zero-order chi connectivity index (χ0) is 11.7. The summed E-state index contributed by atoms with van der Waals surface area (Å²) >= 11 is 3.54. The van der Waals surface area contributed by atoms with E-state index in [2.05, 4.69) is 39.0 Å². The minimum atomic E-state index is 0.821. The molecule has 0 bridgehead atoms. The molecule has 3 rings (SSSR count). The zero-order valence-electron chi connectivity index (χ0n) is 9.99. The lowest BCUT2D eigenvalue weighted by molar-refractivity contribution is 0.160. The van der Waals surface area contributed by atoms with E-state index >= 15 is 0 Å². The Labute approximate surface area is 111 Å². The van der Waals surface area contributed by atoms with Crippen LogP contribution in [0, 0.1) is 5.92 Å². The van der Waals surface area contributed by atoms with Gasteiger partial charge in [0.15, 0.2) is 0 Å². The molecule has 3 heteroatoms. The highest BCUT2D eigenvalue weighted by atomic mass is 79.9. The lowest BCUT2D eigenvalue weighted by Gasteiger charge is -2.31. The SMILES string of the molecule is Brc1ccc2c(c1)CN(CC1CCC1)CCO2. The Hall–Kier alpha value is -0.540. The fourth-order valence-corrected chi connectivity index (χ4v) is 3.02. The second-order valence-corrected chi connectivity index (χ2v) is 6.05. The molecule has 92 valence electrons. The molecule has 1 aromatic rings. The highest BCUT2D eigenvalue weighted by Gasteiger charge is 2.22. The summed E-state index contributed by atoms with van der Waals surface area (Å²) in [6, 6.07) is 6.32. The molecule has 0 spiro atoms. The monoisotopic (exact) mass is 295 g/mol. The molecule has 1 fully saturated rings. The molecular weight excluding hydrogens is 278 g/mol. The molecule has 0 amide bonds. The third kappa shape index (κ3) is 2.66. The summed E-state index contributed by atoms with van der Waals surface area (Å²) < 4.78 is 6.95. The van der Waals surface area contributed by atoms with Gasteiger partial charge < -0.3 is 4.74 Å². The average molecular weight is 296 g/mol. The van der Waals surface area contributed by atoms with Crippen LogP contribution in [-0.2, 0) is 6.54 Å². The Morgan fingerprint density at radius 3 is 3.00 bits per heavy atom. The van der Waals surface area contributed by atoms with E-state index in [1.165, 1.54) is 31.4 Å². The van der Waals surface area contributed by atoms with Gasteiger partial charge in [-0.25, -0.2) is 0 Å². The number of nitrogens with zero attached hydrogens (tertiary/aromatic N) is 1. The van der Waals surface area contributed by atoms with Crippen molar-refractivity contribution >= 4 is 15.9 Å². The maximum Gasteiger partial charge on any atom is 0.123 e. The predicted molar refractivity (Wildman–Crippen MR) is 72.3 cm³/mol. The van der Waals surface area contributed by atoms with E-state index in [0.29, 0.717) is 0 Å². The second kappa shape index (κ2) is 4.99. The van der Waals surface area contributed by atoms with Crippen LogP contribution < -0.4 is 4.74 Å². The van der Waals surface area contributed by atoms with E-state index in [-0.39, 0.29) is 0 Å². The van der Waals surface area contributed by atoms with Crippen molar-refractivity contribution in [1.82, 2.24) is 4.90 Å². The molecule has 1 saturated carbocycles. The van der Waals surface area contributed by atoms with Gasteiger partial charge in [-0.05, 0) is 37.0 Å². The van der Waals surface area contributed by atoms with Crippen molar-refractivity contribution in [3.63, 3.8) is 0 Å². The fraction of sp³-hybridized carbons (Fsp3) is 0.571. The first kappa shape index (κ1) is 11.5. The smallest absolute Gasteiger partial charge is 0.123 e. The third-order valence-electron chi connectivity index (χ3n) is 3.82. The van der Waals surface area contributed by atoms with Crippen LogP contribution in [0.4, 0.5) is 0 Å². The van der Waals surface area contributed by atoms with Crippen molar-refractivity contribution in [2.24, 2.45) is 5.92 Å². The van der Waals surface area contributed by atoms with Gasteiger partial charge in [0.1, 0.15) is 12.4 Å². The van der Waals surface area contributed by atoms with E-state index in [9.17, 15) is 0 Å². The van der Waals surface area contributed by atoms with Gasteiger partial charge in [0.05, 0.1) is 0 Å². The Morgan fingerprint density at radius 1 is 1.35 bits per heavy atom. The number of rotatable bonds is 2. The van der Waals surface area contributed by atoms with Crippen LogP contribution in [0.3, 0.4) is 0 Å². The van der Waals surface area contributed by atoms with E-state index < -0.39 is 0 Å². The van der Waals surface area contributed by atoms with Crippen LogP contribution in [0.1, 0.15) is 24.8 Å². The van der Waals surface area contributed by atoms with Crippen molar-refractivity contribution < 1.29 is 4.74 Å². The molecule has 0 aromatic heterocycles. The highest BCUT2D eigenvalue weighted by molar-refractivity contribution is 9.10. The van der Waals surface area contributed by atoms with Gasteiger partial charge in [-0.3, -0.25) is 4.90 Å². The van der Waals surface area contributed by atoms with E-state index in [0.717, 1.165) is 35.8 Å². The number of halogens is 1. The molecule has 1 heterocycles. The summed E-state index contributed by atoms with van der Waals surface area (Å²) in [6.07, 6.45) is 4.27. The maximum absolute atomic E-state index is 5.80. The molecular formula is C14H18BrNO. The van der Waals surface area contributed by atoms with Crippen LogP contribution in [-0.4, -0.2) is 24.6 Å². The molecule has 0 unspecified atom stereocenters. The van der Waals surface area contributed by atoms with Crippen LogP contribution >= 0.6 is 15.9 Å². The van der Waals surface area contributed by atoms with Crippen LogP contribution in [0.5, 0.6) is 5.75 Å². The molecule has 0 saturated heterocycles. The van der Waals surface area contributed by atoms with Gasteiger partial charge in [0, 0.05) is 29.7 Å². The topological polar surface area (TPSA) is 12.5 Å². The molecule has 2 nitrogen and oxygen atoms in total. The first-order valence-corrected chi connectivity index (χ1v) is 7.24. The molecule has 1 aliphatic heterocycles. The highest BCUT2D eigenvalue weighted by Crippen LogP contribution is 2.30. The van der Waals surface area contributed by atoms with Gasteiger partial charge in [0.2, 0.25) is 0 Å². The van der Waals surface area contributed by atoms with Crippen LogP contribution in [0.15, 0.2) is 22.7 Å². The summed E-state index contributed by atoms with van der Waals surface area (Å²) in [4.78, 5) is 2.54. The normalized spacial score (nSPS) is 21.2. The van der Waals surface area contributed by atoms with Crippen molar-refractivity contribution in [2.45, 2.75) is 25.8 Å². The minimum absolute atomic E-state index is 0.821. The van der Waals surface area contributed by atoms with Gasteiger partial charge in [-0.2, -0.15) is 0 Å². The first-order valence-electron chi connectivity index (χ1n) is 6.45. The van der Waals surface area contributed by atoms with E-state index in [1.54, 1.807) is 0 Å². The van der Waals surface area contributed by atoms with Gasteiger partial charge in [0.25, 0.3) is 0 Å². The summed E-state index contributed by atoms with van der Waals surface area (Å²) in [6.45, 7) is 4.16. The summed E-state index contributed by atoms with van der Waals surface area (Å²) in [5, 5.41) is 0. The van der Waals surface area contributed by atoms with E-state index in [4.69, 9.17) is 4.74 Å². The Balaban J connectivity index is 1.73. The number of benzene rings is 1. The largest absolute Gasteiger partial charge is 0.492 e. The molecule has 0 radical (unpaired) electrons. The van der Waals surface area contributed by atoms with Crippen molar-refractivity contribution in [3.05, 3.63) is 28.2 Å². The minimum Gasteiger partial charge on any atom is -0.492 e. The quantitative estimate of drug-likeness (QED) is 0.829. The van der Waals surface area contributed by atoms with Gasteiger partial charge in [-0.1, -0.05) is 22.4 Å². The van der Waals surface area contributed by atoms with E-state index in [1.807, 2.05) is 0 Å². The van der Waals surface area contributed by atoms with Crippen LogP contribution in [0.2, 0.25) is 0 Å². The Bertz CT molecular complexity index is 403. The van der Waals surface area contributed by atoms with Crippen LogP contribution in [0.25, 0.3) is 0 Å². The average Bonchev–Trinajstić information content (AvgIpc) is 2.44. The Morgan fingerprint density at radius 2 is 2.24 bits per heavy atom. The number of hydrogen-bond donors (Lipinski definition) is 0. The molecule has 0 N–H and O–H groups in total. The standard InChI is InChI=1S/C14H18BrNO/c15-13-4-5-14-12(8-13)10-16(6-7-17-14)9-11-2-1-3-11/h4-5,8,11H,1-3,6-7,9-10H2. The van der Waals surface area contributed by atoms with Crippen molar-refractivity contribution in [2.75, 3.05) is 19.7 Å². The summed E-state index contributed by atoms with van der Waals surface area (Å²) in [5.74, 6) is 1.99. The lowest BCUT2D eigenvalue weighted by atomic mass is 9.85. The molecule has 1 aromatic carbocycles. The van der Waals surface area contributed by atoms with Gasteiger partial charge >= 0.3 is 0 Å². The maximum atomic E-state index is 5.80. The molecule has 2 aliphatic rings. The number of ether oxygens (including phenoxy) is 1. The second-order valence-electron chi connectivity index (χ2n) is 5.13. The Kier molecular flexibility index (Phi) is 3.39. The fourth-order valence-electron chi connectivity index (χ4n) is 2.61. The van der Waals surface area contributed by atoms with Gasteiger partial charge in [-0.15, -0.1) is 0 Å². The van der Waals surface area contributed by atoms with Crippen molar-refractivity contribution in [3.8, 4) is 5.75 Å². The molecule has 1 aliphatic carbocycles. The molecule has 17 heavy (non-hydrogen) atoms.